The van der Waals surface area contributed by atoms with Crippen LogP contribution in [0, 0.1) is 0 Å². The molecular formula is C17H16N2OS. The second-order valence-electron chi connectivity index (χ2n) is 4.74. The summed E-state index contributed by atoms with van der Waals surface area (Å²) in [6.45, 7) is 0.735. The first-order valence-electron chi connectivity index (χ1n) is 6.77. The van der Waals surface area contributed by atoms with Crippen molar-refractivity contribution in [2.45, 2.75) is 6.54 Å². The van der Waals surface area contributed by atoms with Gasteiger partial charge in [0.05, 0.1) is 10.6 Å². The molecule has 21 heavy (non-hydrogen) atoms. The van der Waals surface area contributed by atoms with Gasteiger partial charge >= 0.3 is 0 Å². The van der Waals surface area contributed by atoms with E-state index >= 15 is 0 Å². The SMILES string of the molecule is CNCc1nc(-c2ccc(O)cc2)sc1-c1ccccc1. The van der Waals surface area contributed by atoms with Gasteiger partial charge in [-0.2, -0.15) is 0 Å². The summed E-state index contributed by atoms with van der Waals surface area (Å²) in [4.78, 5) is 5.94. The molecule has 2 aromatic carbocycles. The third-order valence-corrected chi connectivity index (χ3v) is 4.39. The topological polar surface area (TPSA) is 45.2 Å². The van der Waals surface area contributed by atoms with Crippen molar-refractivity contribution in [3.8, 4) is 26.8 Å². The van der Waals surface area contributed by atoms with E-state index in [1.807, 2.05) is 37.4 Å². The molecule has 4 heteroatoms. The predicted molar refractivity (Wildman–Crippen MR) is 87.4 cm³/mol. The zero-order chi connectivity index (χ0) is 14.7. The highest BCUT2D eigenvalue weighted by molar-refractivity contribution is 7.18. The van der Waals surface area contributed by atoms with Gasteiger partial charge in [-0.25, -0.2) is 4.98 Å². The fourth-order valence-corrected chi connectivity index (χ4v) is 3.27. The van der Waals surface area contributed by atoms with E-state index in [0.29, 0.717) is 0 Å². The van der Waals surface area contributed by atoms with Crippen molar-refractivity contribution in [2.24, 2.45) is 0 Å². The van der Waals surface area contributed by atoms with E-state index in [-0.39, 0.29) is 5.75 Å². The van der Waals surface area contributed by atoms with Gasteiger partial charge in [-0.05, 0) is 36.9 Å². The maximum Gasteiger partial charge on any atom is 0.124 e. The maximum absolute atomic E-state index is 9.40. The Morgan fingerprint density at radius 1 is 1.00 bits per heavy atom. The molecule has 0 fully saturated rings. The summed E-state index contributed by atoms with van der Waals surface area (Å²) in [5, 5.41) is 13.5. The Bertz CT molecular complexity index is 720. The fraction of sp³-hybridized carbons (Fsp3) is 0.118. The number of nitrogens with one attached hydrogen (secondary N) is 1. The van der Waals surface area contributed by atoms with Gasteiger partial charge in [-0.1, -0.05) is 30.3 Å². The molecule has 3 rings (SSSR count). The molecule has 0 unspecified atom stereocenters. The number of rotatable bonds is 4. The Hall–Kier alpha value is -2.17. The highest BCUT2D eigenvalue weighted by Gasteiger charge is 2.13. The van der Waals surface area contributed by atoms with Crippen LogP contribution in [0.5, 0.6) is 5.75 Å². The van der Waals surface area contributed by atoms with E-state index in [1.54, 1.807) is 23.5 Å². The zero-order valence-corrected chi connectivity index (χ0v) is 12.5. The molecule has 0 spiro atoms. The number of benzene rings is 2. The van der Waals surface area contributed by atoms with Crippen LogP contribution in [-0.2, 0) is 6.54 Å². The summed E-state index contributed by atoms with van der Waals surface area (Å²) in [5.41, 5.74) is 3.26. The molecule has 0 radical (unpaired) electrons. The summed E-state index contributed by atoms with van der Waals surface area (Å²) >= 11 is 1.68. The molecule has 0 atom stereocenters. The third-order valence-electron chi connectivity index (χ3n) is 3.19. The summed E-state index contributed by atoms with van der Waals surface area (Å²) in [6.07, 6.45) is 0. The summed E-state index contributed by atoms with van der Waals surface area (Å²) in [6, 6.07) is 17.5. The molecule has 1 heterocycles. The molecule has 106 valence electrons. The van der Waals surface area contributed by atoms with Gasteiger partial charge in [0.25, 0.3) is 0 Å². The van der Waals surface area contributed by atoms with E-state index in [0.717, 1.165) is 22.8 Å². The van der Waals surface area contributed by atoms with Crippen LogP contribution in [0.4, 0.5) is 0 Å². The average Bonchev–Trinajstić information content (AvgIpc) is 2.93. The van der Waals surface area contributed by atoms with Crippen molar-refractivity contribution < 1.29 is 5.11 Å². The van der Waals surface area contributed by atoms with E-state index in [2.05, 4.69) is 17.4 Å². The van der Waals surface area contributed by atoms with Gasteiger partial charge in [-0.15, -0.1) is 11.3 Å². The number of thiazole rings is 1. The molecule has 0 aliphatic carbocycles. The first-order chi connectivity index (χ1) is 10.3. The lowest BCUT2D eigenvalue weighted by atomic mass is 10.1. The van der Waals surface area contributed by atoms with Gasteiger partial charge in [0.2, 0.25) is 0 Å². The largest absolute Gasteiger partial charge is 0.508 e. The molecule has 0 amide bonds. The van der Waals surface area contributed by atoms with E-state index < -0.39 is 0 Å². The predicted octanol–water partition coefficient (Wildman–Crippen LogP) is 3.90. The summed E-state index contributed by atoms with van der Waals surface area (Å²) in [7, 11) is 1.92. The van der Waals surface area contributed by atoms with Crippen molar-refractivity contribution >= 4 is 11.3 Å². The number of aromatic hydroxyl groups is 1. The molecule has 2 N–H and O–H groups in total. The van der Waals surface area contributed by atoms with Crippen LogP contribution in [0.2, 0.25) is 0 Å². The zero-order valence-electron chi connectivity index (χ0n) is 11.7. The molecule has 3 nitrogen and oxygen atoms in total. The third kappa shape index (κ3) is 2.96. The first-order valence-corrected chi connectivity index (χ1v) is 7.58. The standard InChI is InChI=1S/C17H16N2OS/c1-18-11-15-16(12-5-3-2-4-6-12)21-17(19-15)13-7-9-14(20)10-8-13/h2-10,18,20H,11H2,1H3. The first kappa shape index (κ1) is 13.8. The number of hydrogen-bond acceptors (Lipinski definition) is 4. The lowest BCUT2D eigenvalue weighted by molar-refractivity contribution is 0.475. The minimum absolute atomic E-state index is 0.272. The van der Waals surface area contributed by atoms with E-state index in [4.69, 9.17) is 4.98 Å². The van der Waals surface area contributed by atoms with Crippen LogP contribution >= 0.6 is 11.3 Å². The van der Waals surface area contributed by atoms with Crippen molar-refractivity contribution in [3.05, 3.63) is 60.3 Å². The lowest BCUT2D eigenvalue weighted by Gasteiger charge is -2.00. The minimum atomic E-state index is 0.272. The molecule has 0 aliphatic rings. The summed E-state index contributed by atoms with van der Waals surface area (Å²) in [5.74, 6) is 0.272. The second-order valence-corrected chi connectivity index (χ2v) is 5.74. The lowest BCUT2D eigenvalue weighted by Crippen LogP contribution is -2.06. The van der Waals surface area contributed by atoms with Crippen LogP contribution in [0.25, 0.3) is 21.0 Å². The molecule has 3 aromatic rings. The Labute approximate surface area is 127 Å². The van der Waals surface area contributed by atoms with Gasteiger partial charge in [0, 0.05) is 12.1 Å². The Morgan fingerprint density at radius 3 is 2.38 bits per heavy atom. The van der Waals surface area contributed by atoms with E-state index in [1.165, 1.54) is 10.4 Å². The molecule has 0 saturated heterocycles. The number of phenolic OH excluding ortho intramolecular Hbond substituents is 1. The second kappa shape index (κ2) is 6.08. The highest BCUT2D eigenvalue weighted by atomic mass is 32.1. The van der Waals surface area contributed by atoms with Gasteiger partial charge in [0.15, 0.2) is 0 Å². The highest BCUT2D eigenvalue weighted by Crippen LogP contribution is 2.35. The van der Waals surface area contributed by atoms with Crippen molar-refractivity contribution in [1.29, 1.82) is 0 Å². The van der Waals surface area contributed by atoms with Crippen LogP contribution in [0.1, 0.15) is 5.69 Å². The Balaban J connectivity index is 2.06. The normalized spacial score (nSPS) is 10.7. The van der Waals surface area contributed by atoms with Crippen molar-refractivity contribution in [3.63, 3.8) is 0 Å². The van der Waals surface area contributed by atoms with Crippen LogP contribution in [-0.4, -0.2) is 17.1 Å². The van der Waals surface area contributed by atoms with Crippen molar-refractivity contribution in [2.75, 3.05) is 7.05 Å². The average molecular weight is 296 g/mol. The molecule has 0 saturated carbocycles. The van der Waals surface area contributed by atoms with Crippen LogP contribution < -0.4 is 5.32 Å². The van der Waals surface area contributed by atoms with Gasteiger partial charge in [-0.3, -0.25) is 0 Å². The fourth-order valence-electron chi connectivity index (χ4n) is 2.18. The number of aromatic nitrogens is 1. The molecule has 1 aromatic heterocycles. The number of nitrogens with zero attached hydrogens (tertiary/aromatic N) is 1. The molecule has 0 aliphatic heterocycles. The van der Waals surface area contributed by atoms with Crippen molar-refractivity contribution in [1.82, 2.24) is 10.3 Å². The minimum Gasteiger partial charge on any atom is -0.508 e. The monoisotopic (exact) mass is 296 g/mol. The van der Waals surface area contributed by atoms with Gasteiger partial charge < -0.3 is 10.4 Å². The summed E-state index contributed by atoms with van der Waals surface area (Å²) < 4.78 is 0. The quantitative estimate of drug-likeness (QED) is 0.767. The Kier molecular flexibility index (Phi) is 3.99. The number of phenols is 1. The van der Waals surface area contributed by atoms with Crippen LogP contribution in [0.15, 0.2) is 54.6 Å². The smallest absolute Gasteiger partial charge is 0.124 e. The Morgan fingerprint density at radius 2 is 1.71 bits per heavy atom. The van der Waals surface area contributed by atoms with Gasteiger partial charge in [0.1, 0.15) is 10.8 Å². The number of hydrogen-bond donors (Lipinski definition) is 2. The molecule has 0 bridgehead atoms. The molecular weight excluding hydrogens is 280 g/mol. The van der Waals surface area contributed by atoms with E-state index in [9.17, 15) is 5.11 Å². The maximum atomic E-state index is 9.40. The van der Waals surface area contributed by atoms with Crippen LogP contribution in [0.3, 0.4) is 0 Å².